The van der Waals surface area contributed by atoms with Gasteiger partial charge in [0, 0.05) is 6.42 Å². The minimum Gasteiger partial charge on any atom is -0.481 e. The first-order valence-electron chi connectivity index (χ1n) is 3.99. The van der Waals surface area contributed by atoms with E-state index in [2.05, 4.69) is 4.18 Å². The van der Waals surface area contributed by atoms with Crippen LogP contribution in [0.1, 0.15) is 12.8 Å². The normalized spacial score (nSPS) is 15.4. The molecule has 0 spiro atoms. The monoisotopic (exact) mass is 257 g/mol. The fraction of sp³-hybridized carbons (Fsp3) is 0.667. The average molecular weight is 257 g/mol. The van der Waals surface area contributed by atoms with Gasteiger partial charge in [0.25, 0.3) is 0 Å². The Morgan fingerprint density at radius 2 is 1.81 bits per heavy atom. The number of carboxylic acid groups (broad SMARTS) is 2. The molecule has 5 N–H and O–H groups in total. The Bertz CT molecular complexity index is 363. The minimum absolute atomic E-state index is 0.456. The number of carbonyl (C=O) groups is 2. The van der Waals surface area contributed by atoms with Crippen molar-refractivity contribution in [2.75, 3.05) is 0 Å². The van der Waals surface area contributed by atoms with E-state index >= 15 is 0 Å². The molecule has 16 heavy (non-hydrogen) atoms. The van der Waals surface area contributed by atoms with E-state index in [1.807, 2.05) is 0 Å². The molecule has 0 rings (SSSR count). The van der Waals surface area contributed by atoms with Crippen molar-refractivity contribution in [2.24, 2.45) is 5.73 Å². The lowest BCUT2D eigenvalue weighted by Gasteiger charge is -2.18. The molecule has 0 bridgehead atoms. The number of nitrogens with two attached hydrogens (primary N) is 1. The highest BCUT2D eigenvalue weighted by Gasteiger charge is 2.29. The van der Waals surface area contributed by atoms with Gasteiger partial charge >= 0.3 is 22.3 Å². The molecular weight excluding hydrogens is 246 g/mol. The molecule has 94 valence electrons. The molecule has 2 atom stereocenters. The zero-order chi connectivity index (χ0) is 12.9. The van der Waals surface area contributed by atoms with Crippen LogP contribution in [0.5, 0.6) is 0 Å². The third kappa shape index (κ3) is 6.29. The lowest BCUT2D eigenvalue weighted by Crippen LogP contribution is -2.44. The maximum Gasteiger partial charge on any atom is 0.397 e. The van der Waals surface area contributed by atoms with Crippen molar-refractivity contribution in [3.8, 4) is 0 Å². The van der Waals surface area contributed by atoms with E-state index in [-0.39, 0.29) is 0 Å². The Morgan fingerprint density at radius 3 is 2.12 bits per heavy atom. The van der Waals surface area contributed by atoms with Crippen molar-refractivity contribution in [1.82, 2.24) is 0 Å². The van der Waals surface area contributed by atoms with E-state index in [9.17, 15) is 18.0 Å². The van der Waals surface area contributed by atoms with E-state index in [4.69, 9.17) is 20.5 Å². The van der Waals surface area contributed by atoms with Crippen molar-refractivity contribution in [1.29, 1.82) is 0 Å². The summed E-state index contributed by atoms with van der Waals surface area (Å²) in [5.41, 5.74) is 5.06. The molecule has 0 aliphatic carbocycles. The van der Waals surface area contributed by atoms with E-state index in [1.54, 1.807) is 0 Å². The van der Waals surface area contributed by atoms with Gasteiger partial charge in [-0.05, 0) is 6.42 Å². The summed E-state index contributed by atoms with van der Waals surface area (Å²) in [4.78, 5) is 20.6. The van der Waals surface area contributed by atoms with Crippen LogP contribution in [0.2, 0.25) is 0 Å². The molecule has 10 heteroatoms. The van der Waals surface area contributed by atoms with Crippen LogP contribution >= 0.6 is 0 Å². The second kappa shape index (κ2) is 5.75. The third-order valence-corrected chi connectivity index (χ3v) is 2.06. The predicted octanol–water partition coefficient (Wildman–Crippen LogP) is -1.55. The maximum absolute atomic E-state index is 10.4. The summed E-state index contributed by atoms with van der Waals surface area (Å²) in [6.45, 7) is 0. The number of aliphatic carboxylic acids is 2. The summed E-state index contributed by atoms with van der Waals surface area (Å²) < 4.78 is 33.0. The standard InChI is InChI=1S/C6H11NO8S/c7-5(6(10)11)3(1-2-4(8)9)15-16(12,13)14/h3,5H,1-2,7H2,(H,8,9)(H,10,11)(H,12,13,14)/t3-,5-/m0/s1. The van der Waals surface area contributed by atoms with E-state index < -0.39 is 47.3 Å². The molecule has 0 aromatic heterocycles. The second-order valence-corrected chi connectivity index (χ2v) is 3.91. The molecule has 0 aliphatic rings. The van der Waals surface area contributed by atoms with Gasteiger partial charge in [0.15, 0.2) is 0 Å². The van der Waals surface area contributed by atoms with Gasteiger partial charge in [-0.15, -0.1) is 0 Å². The zero-order valence-electron chi connectivity index (χ0n) is 7.94. The van der Waals surface area contributed by atoms with Gasteiger partial charge < -0.3 is 15.9 Å². The third-order valence-electron chi connectivity index (χ3n) is 1.57. The summed E-state index contributed by atoms with van der Waals surface area (Å²) in [5.74, 6) is -2.85. The highest BCUT2D eigenvalue weighted by Crippen LogP contribution is 2.09. The first kappa shape index (κ1) is 14.8. The van der Waals surface area contributed by atoms with Crippen LogP contribution in [0.4, 0.5) is 0 Å². The van der Waals surface area contributed by atoms with E-state index in [1.165, 1.54) is 0 Å². The number of carboxylic acids is 2. The van der Waals surface area contributed by atoms with Crippen LogP contribution in [0, 0.1) is 0 Å². The molecule has 0 unspecified atom stereocenters. The minimum atomic E-state index is -4.89. The van der Waals surface area contributed by atoms with Gasteiger partial charge in [-0.1, -0.05) is 0 Å². The van der Waals surface area contributed by atoms with E-state index in [0.717, 1.165) is 0 Å². The van der Waals surface area contributed by atoms with Gasteiger partial charge in [0.2, 0.25) is 0 Å². The highest BCUT2D eigenvalue weighted by atomic mass is 32.3. The molecule has 0 heterocycles. The number of hydrogen-bond acceptors (Lipinski definition) is 6. The Balaban J connectivity index is 4.63. The highest BCUT2D eigenvalue weighted by molar-refractivity contribution is 7.80. The van der Waals surface area contributed by atoms with Crippen molar-refractivity contribution in [3.63, 3.8) is 0 Å². The van der Waals surface area contributed by atoms with Gasteiger partial charge in [0.1, 0.15) is 12.1 Å². The summed E-state index contributed by atoms with van der Waals surface area (Å²) >= 11 is 0. The molecule has 0 amide bonds. The molecular formula is C6H11NO8S. The first-order valence-corrected chi connectivity index (χ1v) is 5.36. The van der Waals surface area contributed by atoms with Gasteiger partial charge in [-0.25, -0.2) is 4.18 Å². The predicted molar refractivity (Wildman–Crippen MR) is 48.9 cm³/mol. The molecule has 0 aliphatic heterocycles. The fourth-order valence-electron chi connectivity index (χ4n) is 0.868. The van der Waals surface area contributed by atoms with Crippen LogP contribution in [0.15, 0.2) is 0 Å². The fourth-order valence-corrected chi connectivity index (χ4v) is 1.40. The molecule has 0 saturated heterocycles. The largest absolute Gasteiger partial charge is 0.481 e. The SMILES string of the molecule is N[C@H](C(=O)O)[C@H](CCC(=O)O)OS(=O)(=O)O. The van der Waals surface area contributed by atoms with Crippen LogP contribution in [0.25, 0.3) is 0 Å². The van der Waals surface area contributed by atoms with Gasteiger partial charge in [0.05, 0.1) is 0 Å². The van der Waals surface area contributed by atoms with Crippen molar-refractivity contribution < 1.29 is 37.0 Å². The van der Waals surface area contributed by atoms with Crippen LogP contribution < -0.4 is 5.73 Å². The van der Waals surface area contributed by atoms with Crippen LogP contribution in [-0.4, -0.2) is 47.3 Å². The lowest BCUT2D eigenvalue weighted by atomic mass is 10.1. The maximum atomic E-state index is 10.4. The van der Waals surface area contributed by atoms with Crippen LogP contribution in [0.3, 0.4) is 0 Å². The molecule has 9 nitrogen and oxygen atoms in total. The second-order valence-electron chi connectivity index (χ2n) is 2.86. The molecule has 0 radical (unpaired) electrons. The smallest absolute Gasteiger partial charge is 0.397 e. The van der Waals surface area contributed by atoms with E-state index in [0.29, 0.717) is 0 Å². The molecule has 0 aromatic carbocycles. The Morgan fingerprint density at radius 1 is 1.31 bits per heavy atom. The Labute approximate surface area is 90.8 Å². The quantitative estimate of drug-likeness (QED) is 0.395. The molecule has 0 saturated carbocycles. The summed E-state index contributed by atoms with van der Waals surface area (Å²) in [7, 11) is -4.89. The lowest BCUT2D eigenvalue weighted by molar-refractivity contribution is -0.142. The summed E-state index contributed by atoms with van der Waals surface area (Å²) in [6.07, 6.45) is -2.63. The Hall–Kier alpha value is -1.23. The van der Waals surface area contributed by atoms with Crippen molar-refractivity contribution >= 4 is 22.3 Å². The van der Waals surface area contributed by atoms with Crippen LogP contribution in [-0.2, 0) is 24.2 Å². The molecule has 0 aromatic rings. The van der Waals surface area contributed by atoms with Gasteiger partial charge in [-0.3, -0.25) is 14.1 Å². The zero-order valence-corrected chi connectivity index (χ0v) is 8.75. The number of rotatable bonds is 7. The Kier molecular flexibility index (Phi) is 5.30. The topological polar surface area (TPSA) is 164 Å². The van der Waals surface area contributed by atoms with Gasteiger partial charge in [-0.2, -0.15) is 8.42 Å². The summed E-state index contributed by atoms with van der Waals surface area (Å²) in [6, 6.07) is -1.75. The average Bonchev–Trinajstić information content (AvgIpc) is 2.08. The van der Waals surface area contributed by atoms with Crippen molar-refractivity contribution in [3.05, 3.63) is 0 Å². The summed E-state index contributed by atoms with van der Waals surface area (Å²) in [5, 5.41) is 16.8. The van der Waals surface area contributed by atoms with Crippen molar-refractivity contribution in [2.45, 2.75) is 25.0 Å². The molecule has 0 fully saturated rings. The number of hydrogen-bond donors (Lipinski definition) is 4. The first-order chi connectivity index (χ1) is 7.13.